The van der Waals surface area contributed by atoms with Crippen molar-refractivity contribution in [1.82, 2.24) is 15.0 Å². The first-order valence-electron chi connectivity index (χ1n) is 5.33. The Balaban J connectivity index is 2.29. The van der Waals surface area contributed by atoms with Crippen LogP contribution in [0.15, 0.2) is 18.2 Å². The van der Waals surface area contributed by atoms with Crippen LogP contribution in [-0.4, -0.2) is 22.1 Å². The predicted molar refractivity (Wildman–Crippen MR) is 65.4 cm³/mol. The van der Waals surface area contributed by atoms with Crippen LogP contribution in [0.5, 0.6) is 17.8 Å². The molecule has 0 spiro atoms. The van der Waals surface area contributed by atoms with Crippen LogP contribution in [0, 0.1) is 12.7 Å². The number of nitrogens with one attached hydrogen (secondary N) is 1. The number of nitrogens with zero attached hydrogens (tertiary/aromatic N) is 3. The molecule has 0 aliphatic heterocycles. The molecular weight excluding hydrogens is 253 g/mol. The molecule has 7 nitrogen and oxygen atoms in total. The van der Waals surface area contributed by atoms with Gasteiger partial charge in [-0.25, -0.2) is 10.2 Å². The van der Waals surface area contributed by atoms with Crippen molar-refractivity contribution in [3.63, 3.8) is 0 Å². The highest BCUT2D eigenvalue weighted by Crippen LogP contribution is 2.22. The molecule has 1 aromatic carbocycles. The largest absolute Gasteiger partial charge is 0.467 e. The molecular formula is C11H12FN5O2. The number of halogens is 1. The lowest BCUT2D eigenvalue weighted by atomic mass is 10.2. The lowest BCUT2D eigenvalue weighted by molar-refractivity contribution is 0.360. The van der Waals surface area contributed by atoms with Crippen LogP contribution in [0.4, 0.5) is 10.3 Å². The van der Waals surface area contributed by atoms with E-state index in [1.807, 2.05) is 0 Å². The monoisotopic (exact) mass is 265 g/mol. The maximum absolute atomic E-state index is 13.1. The van der Waals surface area contributed by atoms with E-state index in [9.17, 15) is 4.39 Å². The topological polar surface area (TPSA) is 95.2 Å². The van der Waals surface area contributed by atoms with Gasteiger partial charge in [-0.3, -0.25) is 5.43 Å². The second kappa shape index (κ2) is 5.44. The number of rotatable bonds is 4. The number of methoxy groups -OCH3 is 1. The van der Waals surface area contributed by atoms with Crippen LogP contribution in [0.2, 0.25) is 0 Å². The van der Waals surface area contributed by atoms with Gasteiger partial charge in [-0.05, 0) is 30.7 Å². The van der Waals surface area contributed by atoms with Crippen molar-refractivity contribution in [1.29, 1.82) is 0 Å². The fraction of sp³-hybridized carbons (Fsp3) is 0.182. The zero-order valence-corrected chi connectivity index (χ0v) is 10.3. The van der Waals surface area contributed by atoms with Crippen molar-refractivity contribution in [3.8, 4) is 17.8 Å². The number of aryl methyl sites for hydroxylation is 1. The summed E-state index contributed by atoms with van der Waals surface area (Å²) in [6.45, 7) is 1.63. The third-order valence-electron chi connectivity index (χ3n) is 2.24. The number of nitrogens with two attached hydrogens (primary N) is 1. The normalized spacial score (nSPS) is 10.1. The lowest BCUT2D eigenvalue weighted by Gasteiger charge is -2.07. The Morgan fingerprint density at radius 3 is 2.58 bits per heavy atom. The summed E-state index contributed by atoms with van der Waals surface area (Å²) in [5.74, 6) is 5.40. The zero-order chi connectivity index (χ0) is 13.8. The Bertz CT molecular complexity index is 571. The van der Waals surface area contributed by atoms with Crippen molar-refractivity contribution in [2.75, 3.05) is 12.5 Å². The highest BCUT2D eigenvalue weighted by atomic mass is 19.1. The number of aromatic nitrogens is 3. The standard InChI is InChI=1S/C11H12FN5O2/c1-6-5-7(3-4-8(6)12)19-11-15-9(17-13)14-10(16-11)18-2/h3-5H,13H2,1-2H3,(H,14,15,16,17). The summed E-state index contributed by atoms with van der Waals surface area (Å²) < 4.78 is 23.4. The average Bonchev–Trinajstić information content (AvgIpc) is 2.42. The minimum atomic E-state index is -0.315. The third kappa shape index (κ3) is 3.05. The molecule has 0 amide bonds. The quantitative estimate of drug-likeness (QED) is 0.637. The number of hydrazine groups is 1. The summed E-state index contributed by atoms with van der Waals surface area (Å²) in [6, 6.07) is 4.34. The van der Waals surface area contributed by atoms with E-state index in [0.29, 0.717) is 11.3 Å². The number of nitrogen functional groups attached to an aromatic ring is 1. The van der Waals surface area contributed by atoms with Gasteiger partial charge in [0.25, 0.3) is 0 Å². The maximum atomic E-state index is 13.1. The van der Waals surface area contributed by atoms with Gasteiger partial charge >= 0.3 is 12.0 Å². The minimum absolute atomic E-state index is 0.00851. The SMILES string of the molecule is COc1nc(NN)nc(Oc2ccc(F)c(C)c2)n1. The number of ether oxygens (including phenoxy) is 2. The summed E-state index contributed by atoms with van der Waals surface area (Å²) in [5, 5.41) is 0. The fourth-order valence-electron chi connectivity index (χ4n) is 1.33. The molecule has 0 aliphatic rings. The van der Waals surface area contributed by atoms with Crippen LogP contribution in [-0.2, 0) is 0 Å². The van der Waals surface area contributed by atoms with E-state index in [1.54, 1.807) is 6.92 Å². The molecule has 2 rings (SSSR count). The molecule has 0 fully saturated rings. The maximum Gasteiger partial charge on any atom is 0.330 e. The molecule has 0 saturated heterocycles. The second-order valence-corrected chi connectivity index (χ2v) is 3.59. The molecule has 100 valence electrons. The Labute approximate surface area is 108 Å². The van der Waals surface area contributed by atoms with Gasteiger partial charge in [0.2, 0.25) is 5.95 Å². The highest BCUT2D eigenvalue weighted by Gasteiger charge is 2.09. The molecule has 1 aromatic heterocycles. The van der Waals surface area contributed by atoms with E-state index in [4.69, 9.17) is 15.3 Å². The summed E-state index contributed by atoms with van der Waals surface area (Å²) in [4.78, 5) is 11.6. The van der Waals surface area contributed by atoms with Gasteiger partial charge in [-0.2, -0.15) is 9.97 Å². The summed E-state index contributed by atoms with van der Waals surface area (Å²) in [5.41, 5.74) is 2.72. The minimum Gasteiger partial charge on any atom is -0.467 e. The van der Waals surface area contributed by atoms with Gasteiger partial charge in [0, 0.05) is 0 Å². The van der Waals surface area contributed by atoms with Crippen LogP contribution in [0.3, 0.4) is 0 Å². The van der Waals surface area contributed by atoms with Gasteiger partial charge < -0.3 is 9.47 Å². The second-order valence-electron chi connectivity index (χ2n) is 3.59. The molecule has 8 heteroatoms. The predicted octanol–water partition coefficient (Wildman–Crippen LogP) is 1.41. The van der Waals surface area contributed by atoms with Crippen LogP contribution in [0.1, 0.15) is 5.56 Å². The Morgan fingerprint density at radius 2 is 1.95 bits per heavy atom. The smallest absolute Gasteiger partial charge is 0.330 e. The Kier molecular flexibility index (Phi) is 3.71. The van der Waals surface area contributed by atoms with Crippen molar-refractivity contribution >= 4 is 5.95 Å². The van der Waals surface area contributed by atoms with Crippen molar-refractivity contribution < 1.29 is 13.9 Å². The zero-order valence-electron chi connectivity index (χ0n) is 10.3. The summed E-state index contributed by atoms with van der Waals surface area (Å²) in [6.07, 6.45) is 0. The number of anilines is 1. The summed E-state index contributed by atoms with van der Waals surface area (Å²) >= 11 is 0. The van der Waals surface area contributed by atoms with Crippen molar-refractivity contribution in [2.24, 2.45) is 5.84 Å². The Morgan fingerprint density at radius 1 is 1.21 bits per heavy atom. The molecule has 19 heavy (non-hydrogen) atoms. The van der Waals surface area contributed by atoms with Crippen LogP contribution < -0.4 is 20.7 Å². The number of hydrogen-bond donors (Lipinski definition) is 2. The molecule has 0 bridgehead atoms. The molecule has 0 saturated carbocycles. The molecule has 1 heterocycles. The van der Waals surface area contributed by atoms with E-state index in [2.05, 4.69) is 20.4 Å². The Hall–Kier alpha value is -2.48. The fourth-order valence-corrected chi connectivity index (χ4v) is 1.33. The first-order chi connectivity index (χ1) is 9.12. The van der Waals surface area contributed by atoms with E-state index in [-0.39, 0.29) is 23.8 Å². The van der Waals surface area contributed by atoms with Gasteiger partial charge in [0.05, 0.1) is 7.11 Å². The lowest BCUT2D eigenvalue weighted by Crippen LogP contribution is -2.12. The van der Waals surface area contributed by atoms with Gasteiger partial charge in [-0.1, -0.05) is 0 Å². The number of hydrogen-bond acceptors (Lipinski definition) is 7. The van der Waals surface area contributed by atoms with Crippen molar-refractivity contribution in [2.45, 2.75) is 6.92 Å². The first-order valence-corrected chi connectivity index (χ1v) is 5.33. The third-order valence-corrected chi connectivity index (χ3v) is 2.24. The molecule has 0 unspecified atom stereocenters. The van der Waals surface area contributed by atoms with Gasteiger partial charge in [0.1, 0.15) is 11.6 Å². The highest BCUT2D eigenvalue weighted by molar-refractivity contribution is 5.32. The molecule has 3 N–H and O–H groups in total. The molecule has 2 aromatic rings. The molecule has 0 aliphatic carbocycles. The van der Waals surface area contributed by atoms with E-state index < -0.39 is 0 Å². The van der Waals surface area contributed by atoms with Crippen LogP contribution >= 0.6 is 0 Å². The van der Waals surface area contributed by atoms with Crippen LogP contribution in [0.25, 0.3) is 0 Å². The van der Waals surface area contributed by atoms with E-state index >= 15 is 0 Å². The van der Waals surface area contributed by atoms with Gasteiger partial charge in [0.15, 0.2) is 0 Å². The average molecular weight is 265 g/mol. The summed E-state index contributed by atoms with van der Waals surface area (Å²) in [7, 11) is 1.40. The van der Waals surface area contributed by atoms with Gasteiger partial charge in [-0.15, -0.1) is 4.98 Å². The molecule has 0 radical (unpaired) electrons. The molecule has 0 atom stereocenters. The van der Waals surface area contributed by atoms with E-state index in [0.717, 1.165) is 0 Å². The van der Waals surface area contributed by atoms with E-state index in [1.165, 1.54) is 25.3 Å². The van der Waals surface area contributed by atoms with Crippen molar-refractivity contribution in [3.05, 3.63) is 29.6 Å². The number of benzene rings is 1. The first kappa shape index (κ1) is 13.0.